The molecule has 0 atom stereocenters. The minimum absolute atomic E-state index is 0. The lowest BCUT2D eigenvalue weighted by molar-refractivity contribution is -0.135. The fourth-order valence-electron chi connectivity index (χ4n) is 0.232. The fraction of sp³-hybridized carbons (Fsp3) is 0.750. The summed E-state index contributed by atoms with van der Waals surface area (Å²) in [5, 5.41) is 10.6. The molecule has 5 heteroatoms. The van der Waals surface area contributed by atoms with E-state index in [9.17, 15) is 4.79 Å². The third-order valence-electron chi connectivity index (χ3n) is 0.526. The van der Waals surface area contributed by atoms with Gasteiger partial charge in [0, 0.05) is 0 Å². The number of nitrogens with one attached hydrogen (secondary N) is 1. The van der Waals surface area contributed by atoms with Gasteiger partial charge in [0.2, 0.25) is 0 Å². The van der Waals surface area contributed by atoms with Gasteiger partial charge in [-0.05, 0) is 6.54 Å². The van der Waals surface area contributed by atoms with Crippen molar-refractivity contribution in [2.75, 3.05) is 13.1 Å². The van der Waals surface area contributed by atoms with Crippen LogP contribution in [0.1, 0.15) is 6.92 Å². The molecule has 3 nitrogen and oxygen atoms in total. The molecule has 9 heavy (non-hydrogen) atoms. The summed E-state index contributed by atoms with van der Waals surface area (Å²) in [6.45, 7) is 2.64. The van der Waals surface area contributed by atoms with Crippen LogP contribution >= 0.6 is 24.8 Å². The summed E-state index contributed by atoms with van der Waals surface area (Å²) in [5.41, 5.74) is 0. The highest BCUT2D eigenvalue weighted by atomic mass is 35.5. The Kier molecular flexibility index (Phi) is 19.4. The van der Waals surface area contributed by atoms with E-state index in [1.54, 1.807) is 0 Å². The Morgan fingerprint density at radius 2 is 2.00 bits per heavy atom. The van der Waals surface area contributed by atoms with Crippen molar-refractivity contribution < 1.29 is 9.90 Å². The van der Waals surface area contributed by atoms with E-state index < -0.39 is 5.97 Å². The zero-order valence-electron chi connectivity index (χ0n) is 5.09. The number of hydrogen-bond donors (Lipinski definition) is 2. The molecule has 0 fully saturated rings. The van der Waals surface area contributed by atoms with Crippen molar-refractivity contribution in [3.05, 3.63) is 0 Å². The van der Waals surface area contributed by atoms with Crippen LogP contribution in [-0.4, -0.2) is 24.2 Å². The third kappa shape index (κ3) is 18.0. The first-order chi connectivity index (χ1) is 3.27. The first-order valence-corrected chi connectivity index (χ1v) is 2.20. The Bertz CT molecular complexity index is 69.6. The summed E-state index contributed by atoms with van der Waals surface area (Å²) in [6.07, 6.45) is 0. The Hall–Kier alpha value is 0.01000. The summed E-state index contributed by atoms with van der Waals surface area (Å²) in [7, 11) is 0. The van der Waals surface area contributed by atoms with Gasteiger partial charge in [0.25, 0.3) is 0 Å². The first-order valence-electron chi connectivity index (χ1n) is 2.20. The molecular weight excluding hydrogens is 165 g/mol. The van der Waals surface area contributed by atoms with E-state index in [1.807, 2.05) is 6.92 Å². The summed E-state index contributed by atoms with van der Waals surface area (Å²) >= 11 is 0. The molecule has 0 spiro atoms. The lowest BCUT2D eigenvalue weighted by atomic mass is 10.6. The maximum absolute atomic E-state index is 9.70. The number of carboxylic acid groups (broad SMARTS) is 1. The van der Waals surface area contributed by atoms with Crippen LogP contribution in [0.5, 0.6) is 0 Å². The summed E-state index contributed by atoms with van der Waals surface area (Å²) < 4.78 is 0. The summed E-state index contributed by atoms with van der Waals surface area (Å²) in [4.78, 5) is 9.70. The van der Waals surface area contributed by atoms with Crippen molar-refractivity contribution in [2.24, 2.45) is 0 Å². The van der Waals surface area contributed by atoms with Crippen molar-refractivity contribution in [2.45, 2.75) is 6.92 Å². The van der Waals surface area contributed by atoms with Crippen LogP contribution < -0.4 is 5.32 Å². The lowest BCUT2D eigenvalue weighted by Gasteiger charge is -1.90. The van der Waals surface area contributed by atoms with E-state index in [0.29, 0.717) is 6.54 Å². The molecule has 0 radical (unpaired) electrons. The monoisotopic (exact) mass is 175 g/mol. The molecule has 58 valence electrons. The van der Waals surface area contributed by atoms with Crippen LogP contribution in [0, 0.1) is 0 Å². The van der Waals surface area contributed by atoms with Gasteiger partial charge in [-0.3, -0.25) is 4.79 Å². The second-order valence-corrected chi connectivity index (χ2v) is 1.17. The van der Waals surface area contributed by atoms with Crippen LogP contribution in [0.3, 0.4) is 0 Å². The average Bonchev–Trinajstić information content (AvgIpc) is 1.61. The number of carbonyl (C=O) groups is 1. The molecule has 0 saturated carbocycles. The van der Waals surface area contributed by atoms with E-state index in [2.05, 4.69) is 5.32 Å². The van der Waals surface area contributed by atoms with Crippen LogP contribution in [0.2, 0.25) is 0 Å². The molecule has 0 aromatic heterocycles. The topological polar surface area (TPSA) is 49.3 Å². The van der Waals surface area contributed by atoms with Crippen molar-refractivity contribution >= 4 is 30.8 Å². The number of rotatable bonds is 3. The van der Waals surface area contributed by atoms with Crippen LogP contribution in [-0.2, 0) is 4.79 Å². The number of aliphatic carboxylic acids is 1. The zero-order chi connectivity index (χ0) is 5.70. The standard InChI is InChI=1S/C4H9NO2.2ClH/c1-2-5-3-4(6)7;;/h5H,2-3H2,1H3,(H,6,7);2*1H. The highest BCUT2D eigenvalue weighted by Crippen LogP contribution is 1.56. The van der Waals surface area contributed by atoms with Crippen molar-refractivity contribution in [1.82, 2.24) is 5.32 Å². The van der Waals surface area contributed by atoms with Gasteiger partial charge in [-0.15, -0.1) is 24.8 Å². The van der Waals surface area contributed by atoms with Gasteiger partial charge in [-0.2, -0.15) is 0 Å². The van der Waals surface area contributed by atoms with Crippen molar-refractivity contribution in [3.63, 3.8) is 0 Å². The van der Waals surface area contributed by atoms with E-state index in [1.165, 1.54) is 0 Å². The van der Waals surface area contributed by atoms with E-state index in [0.717, 1.165) is 0 Å². The largest absolute Gasteiger partial charge is 0.480 e. The van der Waals surface area contributed by atoms with E-state index in [-0.39, 0.29) is 31.4 Å². The molecule has 0 amide bonds. The molecule has 0 aromatic carbocycles. The zero-order valence-corrected chi connectivity index (χ0v) is 6.72. The number of carboxylic acids is 1. The highest BCUT2D eigenvalue weighted by molar-refractivity contribution is 5.85. The van der Waals surface area contributed by atoms with Crippen LogP contribution in [0.4, 0.5) is 0 Å². The number of halogens is 2. The second-order valence-electron chi connectivity index (χ2n) is 1.17. The Labute approximate surface area is 66.6 Å². The maximum atomic E-state index is 9.70. The molecule has 0 aliphatic rings. The lowest BCUT2D eigenvalue weighted by Crippen LogP contribution is -2.21. The van der Waals surface area contributed by atoms with Gasteiger partial charge in [-0.25, -0.2) is 0 Å². The Morgan fingerprint density at radius 1 is 1.56 bits per heavy atom. The predicted molar refractivity (Wildman–Crippen MR) is 40.7 cm³/mol. The minimum Gasteiger partial charge on any atom is -0.480 e. The van der Waals surface area contributed by atoms with Gasteiger partial charge in [0.1, 0.15) is 0 Å². The molecule has 0 unspecified atom stereocenters. The van der Waals surface area contributed by atoms with Gasteiger partial charge < -0.3 is 10.4 Å². The Morgan fingerprint density at radius 3 is 2.11 bits per heavy atom. The van der Waals surface area contributed by atoms with E-state index >= 15 is 0 Å². The SMILES string of the molecule is CCNCC(=O)O.Cl.Cl. The maximum Gasteiger partial charge on any atom is 0.317 e. The predicted octanol–water partition coefficient (Wildman–Crippen LogP) is 0.524. The molecular formula is C4H11Cl2NO2. The smallest absolute Gasteiger partial charge is 0.317 e. The summed E-state index contributed by atoms with van der Waals surface area (Å²) in [6, 6.07) is 0. The molecule has 0 aromatic rings. The van der Waals surface area contributed by atoms with Gasteiger partial charge in [-0.1, -0.05) is 6.92 Å². The number of hydrogen-bond acceptors (Lipinski definition) is 2. The molecule has 0 rings (SSSR count). The Balaban J connectivity index is -0.000000180. The number of likely N-dealkylation sites (N-methyl/N-ethyl adjacent to an activating group) is 1. The second kappa shape index (κ2) is 10.9. The third-order valence-corrected chi connectivity index (χ3v) is 0.526. The fourth-order valence-corrected chi connectivity index (χ4v) is 0.232. The van der Waals surface area contributed by atoms with Gasteiger partial charge in [0.05, 0.1) is 6.54 Å². The average molecular weight is 176 g/mol. The molecule has 0 aliphatic heterocycles. The summed E-state index contributed by atoms with van der Waals surface area (Å²) in [5.74, 6) is -0.804. The van der Waals surface area contributed by atoms with Crippen LogP contribution in [0.15, 0.2) is 0 Å². The first kappa shape index (κ1) is 16.0. The van der Waals surface area contributed by atoms with Gasteiger partial charge >= 0.3 is 5.97 Å². The van der Waals surface area contributed by atoms with Crippen molar-refractivity contribution in [1.29, 1.82) is 0 Å². The minimum atomic E-state index is -0.804. The molecule has 0 heterocycles. The van der Waals surface area contributed by atoms with Crippen LogP contribution in [0.25, 0.3) is 0 Å². The quantitative estimate of drug-likeness (QED) is 0.659. The molecule has 2 N–H and O–H groups in total. The highest BCUT2D eigenvalue weighted by Gasteiger charge is 1.88. The molecule has 0 bridgehead atoms. The normalized spacial score (nSPS) is 6.78. The molecule has 0 saturated heterocycles. The van der Waals surface area contributed by atoms with E-state index in [4.69, 9.17) is 5.11 Å². The molecule has 0 aliphatic carbocycles. The van der Waals surface area contributed by atoms with Crippen molar-refractivity contribution in [3.8, 4) is 0 Å². The van der Waals surface area contributed by atoms with Gasteiger partial charge in [0.15, 0.2) is 0 Å².